The highest BCUT2D eigenvalue weighted by Crippen LogP contribution is 2.25. The molecule has 0 saturated carbocycles. The fourth-order valence-corrected chi connectivity index (χ4v) is 7.63. The summed E-state index contributed by atoms with van der Waals surface area (Å²) in [4.78, 5) is 26.6. The fraction of sp³-hybridized carbons (Fsp3) is 0.588. The van der Waals surface area contributed by atoms with Crippen molar-refractivity contribution in [1.82, 2.24) is 19.2 Å². The van der Waals surface area contributed by atoms with Crippen molar-refractivity contribution >= 4 is 31.9 Å². The van der Waals surface area contributed by atoms with Gasteiger partial charge in [-0.2, -0.15) is 17.6 Å². The van der Waals surface area contributed by atoms with Crippen molar-refractivity contribution in [1.29, 1.82) is 0 Å². The van der Waals surface area contributed by atoms with Gasteiger partial charge in [0.05, 0.1) is 24.7 Å². The number of nitrogens with one attached hydrogen (secondary N) is 2. The zero-order valence-corrected chi connectivity index (χ0v) is 32.1. The van der Waals surface area contributed by atoms with Crippen molar-refractivity contribution in [2.75, 3.05) is 50.9 Å². The normalized spacial score (nSPS) is 20.6. The Morgan fingerprint density at radius 2 is 0.963 bits per heavy atom. The minimum Gasteiger partial charge on any atom is -0.493 e. The zero-order valence-electron chi connectivity index (χ0n) is 30.5. The van der Waals surface area contributed by atoms with Crippen LogP contribution in [0.4, 0.5) is 17.6 Å². The van der Waals surface area contributed by atoms with Crippen molar-refractivity contribution in [2.45, 2.75) is 65.8 Å². The molecular formula is C34H48F4N4O10S2. The van der Waals surface area contributed by atoms with Crippen molar-refractivity contribution in [2.24, 2.45) is 11.8 Å². The number of hydrogen-bond acceptors (Lipinski definition) is 10. The number of alkyl halides is 4. The number of hydrogen-bond donors (Lipinski definition) is 2. The predicted octanol–water partition coefficient (Wildman–Crippen LogP) is 3.69. The predicted molar refractivity (Wildman–Crippen MR) is 191 cm³/mol. The summed E-state index contributed by atoms with van der Waals surface area (Å²) in [5.74, 6) is 0.232. The summed E-state index contributed by atoms with van der Waals surface area (Å²) in [6, 6.07) is 10.7. The molecule has 2 amide bonds. The average Bonchev–Trinajstić information content (AvgIpc) is 3.11. The number of ether oxygens (including phenoxy) is 4. The second-order valence-electron chi connectivity index (χ2n) is 12.6. The number of piperidine rings is 2. The van der Waals surface area contributed by atoms with Gasteiger partial charge in [-0.3, -0.25) is 9.59 Å². The van der Waals surface area contributed by atoms with Gasteiger partial charge in [0.1, 0.15) is 23.0 Å². The number of rotatable bonds is 16. The molecule has 2 aliphatic heterocycles. The topological polar surface area (TPSA) is 170 Å². The first-order valence-electron chi connectivity index (χ1n) is 17.3. The molecule has 2 aromatic carbocycles. The molecule has 2 heterocycles. The lowest BCUT2D eigenvalue weighted by Gasteiger charge is -2.38. The molecule has 0 radical (unpaired) electrons. The van der Waals surface area contributed by atoms with Gasteiger partial charge in [0.15, 0.2) is 0 Å². The third-order valence-corrected chi connectivity index (χ3v) is 11.7. The van der Waals surface area contributed by atoms with E-state index in [0.29, 0.717) is 50.5 Å². The van der Waals surface area contributed by atoms with Gasteiger partial charge in [0.25, 0.3) is 0 Å². The summed E-state index contributed by atoms with van der Waals surface area (Å²) >= 11 is 0. The molecule has 2 N–H and O–H groups in total. The van der Waals surface area contributed by atoms with Crippen LogP contribution in [0, 0.1) is 11.8 Å². The van der Waals surface area contributed by atoms with E-state index in [1.54, 1.807) is 23.6 Å². The summed E-state index contributed by atoms with van der Waals surface area (Å²) in [6.45, 7) is 2.30. The highest BCUT2D eigenvalue weighted by molar-refractivity contribution is 7.89. The van der Waals surface area contributed by atoms with Crippen LogP contribution in [-0.4, -0.2) is 115 Å². The van der Waals surface area contributed by atoms with Gasteiger partial charge in [0, 0.05) is 63.9 Å². The summed E-state index contributed by atoms with van der Waals surface area (Å²) in [7, 11) is -6.77. The molecule has 0 unspecified atom stereocenters. The van der Waals surface area contributed by atoms with Crippen molar-refractivity contribution in [3.05, 3.63) is 48.5 Å². The molecule has 2 aromatic rings. The van der Waals surface area contributed by atoms with Crippen LogP contribution in [0.5, 0.6) is 23.0 Å². The number of halogens is 4. The van der Waals surface area contributed by atoms with Gasteiger partial charge in [0.2, 0.25) is 31.9 Å². The van der Waals surface area contributed by atoms with Crippen LogP contribution >= 0.6 is 0 Å². The summed E-state index contributed by atoms with van der Waals surface area (Å²) < 4.78 is 122. The van der Waals surface area contributed by atoms with Crippen LogP contribution in [0.1, 0.15) is 40.5 Å². The first-order chi connectivity index (χ1) is 25.4. The Balaban J connectivity index is 0.000000290. The van der Waals surface area contributed by atoms with E-state index in [1.165, 1.54) is 62.4 Å². The Bertz CT molecular complexity index is 1580. The third kappa shape index (κ3) is 15.1. The smallest absolute Gasteiger partial charge is 0.387 e. The van der Waals surface area contributed by atoms with E-state index in [0.717, 1.165) is 0 Å². The Hall–Kier alpha value is -3.88. The number of nitrogens with zero attached hydrogens (tertiary/aromatic N) is 2. The SMILES string of the molecule is CCS(=O)(=O)N[C@@H]1CCN(C(C)=O)C[C@H]1COc1ccc(OC(F)F)cc1.CCS(=O)(=O)N[C@H]1CCN(C(C)=O)C[C@@H]1COc1ccc(OC(F)F)cc1. The Morgan fingerprint density at radius 1 is 0.648 bits per heavy atom. The molecule has 0 spiro atoms. The van der Waals surface area contributed by atoms with Crippen LogP contribution in [-0.2, 0) is 29.6 Å². The van der Waals surface area contributed by atoms with E-state index >= 15 is 0 Å². The number of benzene rings is 2. The van der Waals surface area contributed by atoms with Crippen molar-refractivity contribution in [3.63, 3.8) is 0 Å². The molecule has 2 aliphatic rings. The van der Waals surface area contributed by atoms with Crippen LogP contribution in [0.2, 0.25) is 0 Å². The van der Waals surface area contributed by atoms with Gasteiger partial charge >= 0.3 is 13.2 Å². The van der Waals surface area contributed by atoms with Gasteiger partial charge in [-0.1, -0.05) is 0 Å². The van der Waals surface area contributed by atoms with E-state index in [-0.39, 0.29) is 72.0 Å². The number of carbonyl (C=O) groups excluding carboxylic acids is 2. The second kappa shape index (κ2) is 20.7. The number of amides is 2. The van der Waals surface area contributed by atoms with Gasteiger partial charge in [-0.25, -0.2) is 26.3 Å². The quantitative estimate of drug-likeness (QED) is 0.239. The fourth-order valence-electron chi connectivity index (χ4n) is 5.75. The molecule has 0 aromatic heterocycles. The Kier molecular flexibility index (Phi) is 17.1. The monoisotopic (exact) mass is 812 g/mol. The second-order valence-corrected chi connectivity index (χ2v) is 16.7. The van der Waals surface area contributed by atoms with Crippen LogP contribution in [0.3, 0.4) is 0 Å². The van der Waals surface area contributed by atoms with E-state index < -0.39 is 33.3 Å². The standard InChI is InChI=1S/2C17H24F2N2O5S/c2*1-3-27(23,24)20-16-8-9-21(12(2)22)10-13(16)11-25-14-4-6-15(7-5-14)26-17(18)19/h2*4-7,13,16-17,20H,3,8-11H2,1-2H3/t2*13-,16+/m10/s1. The molecule has 4 atom stereocenters. The van der Waals surface area contributed by atoms with E-state index in [9.17, 15) is 44.0 Å². The Labute approximate surface area is 313 Å². The largest absolute Gasteiger partial charge is 0.493 e. The van der Waals surface area contributed by atoms with Crippen LogP contribution in [0.15, 0.2) is 48.5 Å². The minimum absolute atomic E-state index is 0.0198. The third-order valence-electron chi connectivity index (χ3n) is 8.81. The maximum atomic E-state index is 12.2. The molecular weight excluding hydrogens is 765 g/mol. The summed E-state index contributed by atoms with van der Waals surface area (Å²) in [5.41, 5.74) is 0. The number of carbonyl (C=O) groups is 2. The highest BCUT2D eigenvalue weighted by atomic mass is 32.2. The van der Waals surface area contributed by atoms with E-state index in [4.69, 9.17) is 9.47 Å². The molecule has 54 heavy (non-hydrogen) atoms. The highest BCUT2D eigenvalue weighted by Gasteiger charge is 2.34. The van der Waals surface area contributed by atoms with Gasteiger partial charge in [-0.15, -0.1) is 0 Å². The van der Waals surface area contributed by atoms with Crippen LogP contribution in [0.25, 0.3) is 0 Å². The maximum Gasteiger partial charge on any atom is 0.387 e. The first kappa shape index (κ1) is 44.5. The lowest BCUT2D eigenvalue weighted by molar-refractivity contribution is -0.132. The van der Waals surface area contributed by atoms with Gasteiger partial charge in [-0.05, 0) is 75.2 Å². The molecule has 4 rings (SSSR count). The number of sulfonamides is 2. The summed E-state index contributed by atoms with van der Waals surface area (Å²) in [6.07, 6.45) is 0.988. The molecule has 0 bridgehead atoms. The van der Waals surface area contributed by atoms with Crippen LogP contribution < -0.4 is 28.4 Å². The molecule has 14 nitrogen and oxygen atoms in total. The minimum atomic E-state index is -3.39. The molecule has 0 aliphatic carbocycles. The molecule has 2 fully saturated rings. The zero-order chi connectivity index (χ0) is 40.1. The Morgan fingerprint density at radius 3 is 1.24 bits per heavy atom. The van der Waals surface area contributed by atoms with E-state index in [2.05, 4.69) is 18.9 Å². The van der Waals surface area contributed by atoms with E-state index in [1.807, 2.05) is 0 Å². The average molecular weight is 813 g/mol. The lowest BCUT2D eigenvalue weighted by atomic mass is 9.93. The van der Waals surface area contributed by atoms with Crippen molar-refractivity contribution in [3.8, 4) is 23.0 Å². The number of likely N-dealkylation sites (tertiary alicyclic amines) is 2. The summed E-state index contributed by atoms with van der Waals surface area (Å²) in [5, 5.41) is 0. The lowest BCUT2D eigenvalue weighted by Crippen LogP contribution is -2.53. The first-order valence-corrected chi connectivity index (χ1v) is 20.6. The maximum absolute atomic E-state index is 12.2. The van der Waals surface area contributed by atoms with Crippen molar-refractivity contribution < 1.29 is 62.9 Å². The molecule has 304 valence electrons. The van der Waals surface area contributed by atoms with Gasteiger partial charge < -0.3 is 28.7 Å². The molecule has 20 heteroatoms. The molecule has 2 saturated heterocycles.